The van der Waals surface area contributed by atoms with E-state index < -0.39 is 9.84 Å². The van der Waals surface area contributed by atoms with Crippen molar-refractivity contribution in [2.45, 2.75) is 31.6 Å². The van der Waals surface area contributed by atoms with E-state index in [1.54, 1.807) is 13.0 Å². The average Bonchev–Trinajstić information content (AvgIpc) is 2.17. The quantitative estimate of drug-likeness (QED) is 0.790. The number of hydrogen-bond acceptors (Lipinski definition) is 2. The van der Waals surface area contributed by atoms with Crippen molar-refractivity contribution in [2.75, 3.05) is 0 Å². The Hall–Kier alpha value is -1.09. The molecule has 0 amide bonds. The number of sulfone groups is 1. The minimum absolute atomic E-state index is 0.323. The van der Waals surface area contributed by atoms with Gasteiger partial charge in [-0.25, -0.2) is 8.42 Å². The molecule has 2 nitrogen and oxygen atoms in total. The van der Waals surface area contributed by atoms with Crippen molar-refractivity contribution in [1.29, 1.82) is 0 Å². The first-order valence-corrected chi connectivity index (χ1v) is 6.41. The monoisotopic (exact) mass is 224 g/mol. The maximum Gasteiger partial charge on any atom is 0.199 e. The van der Waals surface area contributed by atoms with Crippen molar-refractivity contribution in [2.24, 2.45) is 0 Å². The second-order valence-corrected chi connectivity index (χ2v) is 5.75. The van der Waals surface area contributed by atoms with E-state index in [1.807, 2.05) is 26.0 Å². The van der Waals surface area contributed by atoms with E-state index in [-0.39, 0.29) is 0 Å². The first-order chi connectivity index (χ1) is 6.88. The molecule has 0 spiro atoms. The second-order valence-electron chi connectivity index (χ2n) is 3.89. The maximum atomic E-state index is 11.7. The topological polar surface area (TPSA) is 34.1 Å². The van der Waals surface area contributed by atoms with Crippen LogP contribution in [0.4, 0.5) is 0 Å². The Morgan fingerprint density at radius 3 is 2.40 bits per heavy atom. The number of rotatable bonds is 3. The lowest BCUT2D eigenvalue weighted by atomic mass is 10.0. The van der Waals surface area contributed by atoms with Crippen LogP contribution in [0.5, 0.6) is 0 Å². The fourth-order valence-corrected chi connectivity index (χ4v) is 2.37. The van der Waals surface area contributed by atoms with Gasteiger partial charge in [-0.05, 0) is 30.0 Å². The molecule has 0 saturated heterocycles. The van der Waals surface area contributed by atoms with Crippen molar-refractivity contribution in [3.8, 4) is 0 Å². The van der Waals surface area contributed by atoms with Gasteiger partial charge in [0.1, 0.15) is 0 Å². The molecule has 3 heteroatoms. The van der Waals surface area contributed by atoms with Gasteiger partial charge in [-0.15, -0.1) is 0 Å². The van der Waals surface area contributed by atoms with E-state index in [1.165, 1.54) is 0 Å². The molecule has 0 aliphatic carbocycles. The molecule has 1 rings (SSSR count). The van der Waals surface area contributed by atoms with Crippen LogP contribution >= 0.6 is 0 Å². The fourth-order valence-electron chi connectivity index (χ4n) is 1.37. The van der Waals surface area contributed by atoms with Crippen molar-refractivity contribution in [1.82, 2.24) is 0 Å². The zero-order chi connectivity index (χ0) is 11.6. The van der Waals surface area contributed by atoms with Crippen LogP contribution in [0.2, 0.25) is 0 Å². The summed E-state index contributed by atoms with van der Waals surface area (Å²) in [4.78, 5) is 0.365. The Balaban J connectivity index is 3.42. The molecule has 0 aliphatic rings. The van der Waals surface area contributed by atoms with Crippen LogP contribution in [-0.2, 0) is 9.84 Å². The summed E-state index contributed by atoms with van der Waals surface area (Å²) in [7, 11) is -3.32. The highest BCUT2D eigenvalue weighted by Crippen LogP contribution is 2.23. The highest BCUT2D eigenvalue weighted by Gasteiger charge is 2.14. The second kappa shape index (κ2) is 4.19. The van der Waals surface area contributed by atoms with Gasteiger partial charge in [0.2, 0.25) is 0 Å². The standard InChI is InChI=1S/C12H16O2S/c1-5-15(13,14)12-8-11(9(2)3)7-6-10(12)4/h5-9H,1H2,2-4H3. The van der Waals surface area contributed by atoms with Crippen molar-refractivity contribution < 1.29 is 8.42 Å². The SMILES string of the molecule is C=CS(=O)(=O)c1cc(C(C)C)ccc1C. The van der Waals surface area contributed by atoms with Crippen LogP contribution in [0.15, 0.2) is 35.1 Å². The molecule has 0 fully saturated rings. The summed E-state index contributed by atoms with van der Waals surface area (Å²) in [6, 6.07) is 5.53. The van der Waals surface area contributed by atoms with E-state index in [2.05, 4.69) is 6.58 Å². The van der Waals surface area contributed by atoms with Crippen molar-refractivity contribution in [3.05, 3.63) is 41.3 Å². The van der Waals surface area contributed by atoms with Gasteiger partial charge in [0, 0.05) is 5.41 Å². The van der Waals surface area contributed by atoms with Crippen LogP contribution in [0, 0.1) is 6.92 Å². The number of hydrogen-bond donors (Lipinski definition) is 0. The van der Waals surface area contributed by atoms with E-state index in [9.17, 15) is 8.42 Å². The van der Waals surface area contributed by atoms with Gasteiger partial charge < -0.3 is 0 Å². The van der Waals surface area contributed by atoms with Gasteiger partial charge in [-0.1, -0.05) is 32.6 Å². The normalized spacial score (nSPS) is 11.7. The highest BCUT2D eigenvalue weighted by molar-refractivity contribution is 7.94. The van der Waals surface area contributed by atoms with Crippen LogP contribution in [0.3, 0.4) is 0 Å². The summed E-state index contributed by atoms with van der Waals surface area (Å²) in [5, 5.41) is 0.999. The van der Waals surface area contributed by atoms with Gasteiger partial charge in [0.25, 0.3) is 0 Å². The third-order valence-electron chi connectivity index (χ3n) is 2.40. The van der Waals surface area contributed by atoms with Crippen LogP contribution in [-0.4, -0.2) is 8.42 Å². The molecule has 82 valence electrons. The molecule has 1 aromatic carbocycles. The van der Waals surface area contributed by atoms with Gasteiger partial charge in [-0.3, -0.25) is 0 Å². The summed E-state index contributed by atoms with van der Waals surface area (Å²) in [5.74, 6) is 0.323. The predicted octanol–water partition coefficient (Wildman–Crippen LogP) is 3.04. The summed E-state index contributed by atoms with van der Waals surface area (Å²) < 4.78 is 23.4. The largest absolute Gasteiger partial charge is 0.219 e. The Morgan fingerprint density at radius 1 is 1.33 bits per heavy atom. The molecule has 0 bridgehead atoms. The van der Waals surface area contributed by atoms with E-state index in [4.69, 9.17) is 0 Å². The zero-order valence-corrected chi connectivity index (χ0v) is 10.1. The van der Waals surface area contributed by atoms with Crippen LogP contribution in [0.1, 0.15) is 30.9 Å². The summed E-state index contributed by atoms with van der Waals surface area (Å²) in [6.45, 7) is 9.20. The van der Waals surface area contributed by atoms with Gasteiger partial charge >= 0.3 is 0 Å². The molecule has 0 aromatic heterocycles. The lowest BCUT2D eigenvalue weighted by Crippen LogP contribution is -2.00. The van der Waals surface area contributed by atoms with Gasteiger partial charge in [0.15, 0.2) is 9.84 Å². The molecule has 0 saturated carbocycles. The molecule has 1 aromatic rings. The number of aryl methyl sites for hydroxylation is 1. The third kappa shape index (κ3) is 2.48. The molecule has 0 radical (unpaired) electrons. The Labute approximate surface area is 91.6 Å². The zero-order valence-electron chi connectivity index (χ0n) is 9.32. The minimum Gasteiger partial charge on any atom is -0.219 e. The molecular formula is C12H16O2S. The molecule has 15 heavy (non-hydrogen) atoms. The van der Waals surface area contributed by atoms with Gasteiger partial charge in [0.05, 0.1) is 4.90 Å². The molecule has 0 N–H and O–H groups in total. The number of benzene rings is 1. The maximum absolute atomic E-state index is 11.7. The smallest absolute Gasteiger partial charge is 0.199 e. The molecule has 0 heterocycles. The lowest BCUT2D eigenvalue weighted by Gasteiger charge is -2.09. The summed E-state index contributed by atoms with van der Waals surface area (Å²) in [6.07, 6.45) is 0. The molecule has 0 unspecified atom stereocenters. The average molecular weight is 224 g/mol. The first kappa shape index (κ1) is 12.0. The summed E-state index contributed by atoms with van der Waals surface area (Å²) in [5.41, 5.74) is 1.79. The van der Waals surface area contributed by atoms with E-state index in [0.717, 1.165) is 16.5 Å². The fraction of sp³-hybridized carbons (Fsp3) is 0.333. The highest BCUT2D eigenvalue weighted by atomic mass is 32.2. The predicted molar refractivity (Wildman–Crippen MR) is 62.7 cm³/mol. The van der Waals surface area contributed by atoms with Crippen LogP contribution in [0.25, 0.3) is 0 Å². The Morgan fingerprint density at radius 2 is 1.93 bits per heavy atom. The minimum atomic E-state index is -3.32. The summed E-state index contributed by atoms with van der Waals surface area (Å²) >= 11 is 0. The molecule has 0 aliphatic heterocycles. The van der Waals surface area contributed by atoms with Crippen molar-refractivity contribution in [3.63, 3.8) is 0 Å². The van der Waals surface area contributed by atoms with E-state index in [0.29, 0.717) is 10.8 Å². The van der Waals surface area contributed by atoms with Gasteiger partial charge in [-0.2, -0.15) is 0 Å². The van der Waals surface area contributed by atoms with Crippen LogP contribution < -0.4 is 0 Å². The van der Waals surface area contributed by atoms with E-state index >= 15 is 0 Å². The lowest BCUT2D eigenvalue weighted by molar-refractivity contribution is 0.604. The Kier molecular flexibility index (Phi) is 3.35. The third-order valence-corrected chi connectivity index (χ3v) is 3.90. The Bertz CT molecular complexity index is 470. The first-order valence-electron chi connectivity index (χ1n) is 4.86. The molecular weight excluding hydrogens is 208 g/mol. The molecule has 0 atom stereocenters. The van der Waals surface area contributed by atoms with Crippen molar-refractivity contribution >= 4 is 9.84 Å².